The summed E-state index contributed by atoms with van der Waals surface area (Å²) in [6, 6.07) is 6.71. The lowest BCUT2D eigenvalue weighted by atomic mass is 9.72. The zero-order valence-corrected chi connectivity index (χ0v) is 17.8. The summed E-state index contributed by atoms with van der Waals surface area (Å²) in [5.74, 6) is -0.279. The van der Waals surface area contributed by atoms with E-state index in [0.29, 0.717) is 0 Å². The number of fused-ring (bicyclic) bond motifs is 1. The van der Waals surface area contributed by atoms with Gasteiger partial charge in [0, 0.05) is 12.2 Å². The van der Waals surface area contributed by atoms with E-state index in [1.54, 1.807) is 4.90 Å². The Balaban J connectivity index is 2.05. The zero-order valence-electron chi connectivity index (χ0n) is 17.8. The molecular formula is C25H35NO2. The van der Waals surface area contributed by atoms with Gasteiger partial charge in [-0.25, -0.2) is 0 Å². The summed E-state index contributed by atoms with van der Waals surface area (Å²) in [6.45, 7) is 6.66. The second-order valence-corrected chi connectivity index (χ2v) is 8.67. The molecule has 0 bridgehead atoms. The van der Waals surface area contributed by atoms with Gasteiger partial charge in [0.05, 0.1) is 6.04 Å². The van der Waals surface area contributed by atoms with Crippen molar-refractivity contribution in [1.29, 1.82) is 0 Å². The van der Waals surface area contributed by atoms with E-state index in [1.165, 1.54) is 41.7 Å². The van der Waals surface area contributed by atoms with E-state index in [4.69, 9.17) is 0 Å². The van der Waals surface area contributed by atoms with Gasteiger partial charge in [0.25, 0.3) is 11.8 Å². The third kappa shape index (κ3) is 3.94. The van der Waals surface area contributed by atoms with Crippen LogP contribution in [0.15, 0.2) is 30.4 Å². The average Bonchev–Trinajstić information content (AvgIpc) is 3.19. The number of carbonyl (C=O) groups excluding carboxylic acids is 2. The third-order valence-corrected chi connectivity index (χ3v) is 6.60. The highest BCUT2D eigenvalue weighted by Crippen LogP contribution is 2.55. The van der Waals surface area contributed by atoms with Crippen molar-refractivity contribution in [2.45, 2.75) is 91.0 Å². The first-order valence-corrected chi connectivity index (χ1v) is 11.2. The van der Waals surface area contributed by atoms with Gasteiger partial charge >= 0.3 is 0 Å². The molecule has 152 valence electrons. The van der Waals surface area contributed by atoms with Crippen molar-refractivity contribution in [3.63, 3.8) is 0 Å². The maximum absolute atomic E-state index is 12.7. The van der Waals surface area contributed by atoms with Gasteiger partial charge in [-0.15, -0.1) is 0 Å². The van der Waals surface area contributed by atoms with Crippen LogP contribution in [0.3, 0.4) is 0 Å². The topological polar surface area (TPSA) is 37.4 Å². The minimum absolute atomic E-state index is 0.0188. The van der Waals surface area contributed by atoms with Crippen LogP contribution in [0.4, 0.5) is 0 Å². The molecule has 0 aromatic heterocycles. The van der Waals surface area contributed by atoms with Gasteiger partial charge in [0.15, 0.2) is 0 Å². The second kappa shape index (κ2) is 9.07. The van der Waals surface area contributed by atoms with Crippen LogP contribution in [-0.4, -0.2) is 16.7 Å². The smallest absolute Gasteiger partial charge is 0.254 e. The monoisotopic (exact) mass is 381 g/mol. The van der Waals surface area contributed by atoms with Gasteiger partial charge in [-0.05, 0) is 54.2 Å². The molecule has 1 aliphatic carbocycles. The SMILES string of the molecule is CCCCc1ccc2c(c1)[C@@H](N1C(=O)C=CC1=O)C(CCCC)(CCCC)C2. The molecule has 1 aromatic carbocycles. The Bertz CT molecular complexity index is 723. The largest absolute Gasteiger partial charge is 0.269 e. The van der Waals surface area contributed by atoms with Crippen molar-refractivity contribution in [2.75, 3.05) is 0 Å². The molecule has 0 saturated heterocycles. The molecule has 2 amide bonds. The Morgan fingerprint density at radius 3 is 2.11 bits per heavy atom. The van der Waals surface area contributed by atoms with Crippen molar-refractivity contribution in [2.24, 2.45) is 5.41 Å². The first-order chi connectivity index (χ1) is 13.6. The van der Waals surface area contributed by atoms with E-state index in [2.05, 4.69) is 39.0 Å². The van der Waals surface area contributed by atoms with E-state index in [0.717, 1.165) is 51.4 Å². The summed E-state index contributed by atoms with van der Waals surface area (Å²) in [7, 11) is 0. The molecule has 0 radical (unpaired) electrons. The summed E-state index contributed by atoms with van der Waals surface area (Å²) in [6.07, 6.45) is 14.0. The van der Waals surface area contributed by atoms with Crippen LogP contribution in [0.1, 0.15) is 94.9 Å². The maximum Gasteiger partial charge on any atom is 0.254 e. The van der Waals surface area contributed by atoms with E-state index in [1.807, 2.05) is 0 Å². The number of imide groups is 1. The number of aryl methyl sites for hydroxylation is 1. The number of carbonyl (C=O) groups is 2. The quantitative estimate of drug-likeness (QED) is 0.472. The first kappa shape index (κ1) is 20.8. The number of hydrogen-bond donors (Lipinski definition) is 0. The zero-order chi connectivity index (χ0) is 20.1. The molecule has 0 unspecified atom stereocenters. The van der Waals surface area contributed by atoms with E-state index < -0.39 is 0 Å². The molecule has 0 saturated carbocycles. The van der Waals surface area contributed by atoms with Gasteiger partial charge in [-0.2, -0.15) is 0 Å². The highest BCUT2D eigenvalue weighted by Gasteiger charge is 2.51. The molecule has 3 heteroatoms. The van der Waals surface area contributed by atoms with Crippen molar-refractivity contribution < 1.29 is 9.59 Å². The lowest BCUT2D eigenvalue weighted by molar-refractivity contribution is -0.143. The highest BCUT2D eigenvalue weighted by atomic mass is 16.2. The predicted molar refractivity (Wildman–Crippen MR) is 114 cm³/mol. The van der Waals surface area contributed by atoms with Crippen LogP contribution in [0.25, 0.3) is 0 Å². The Morgan fingerprint density at radius 1 is 0.929 bits per heavy atom. The number of unbranched alkanes of at least 4 members (excludes halogenated alkanes) is 3. The van der Waals surface area contributed by atoms with E-state index >= 15 is 0 Å². The van der Waals surface area contributed by atoms with Gasteiger partial charge in [-0.1, -0.05) is 71.1 Å². The second-order valence-electron chi connectivity index (χ2n) is 8.67. The normalized spacial score (nSPS) is 20.2. The lowest BCUT2D eigenvalue weighted by Gasteiger charge is -2.40. The molecule has 0 spiro atoms. The van der Waals surface area contributed by atoms with Crippen molar-refractivity contribution >= 4 is 11.8 Å². The Hall–Kier alpha value is -1.90. The Labute approximate surface area is 170 Å². The third-order valence-electron chi connectivity index (χ3n) is 6.60. The minimum atomic E-state index is -0.140. The van der Waals surface area contributed by atoms with Gasteiger partial charge in [0.1, 0.15) is 0 Å². The van der Waals surface area contributed by atoms with Gasteiger partial charge in [0.2, 0.25) is 0 Å². The molecule has 28 heavy (non-hydrogen) atoms. The molecule has 3 nitrogen and oxygen atoms in total. The average molecular weight is 382 g/mol. The van der Waals surface area contributed by atoms with Crippen LogP contribution in [0, 0.1) is 5.41 Å². The van der Waals surface area contributed by atoms with Crippen LogP contribution in [0.2, 0.25) is 0 Å². The molecule has 1 heterocycles. The predicted octanol–water partition coefficient (Wildman–Crippen LogP) is 5.92. The fourth-order valence-corrected chi connectivity index (χ4v) is 5.11. The summed E-state index contributed by atoms with van der Waals surface area (Å²) in [4.78, 5) is 27.0. The number of benzene rings is 1. The summed E-state index contributed by atoms with van der Waals surface area (Å²) >= 11 is 0. The standard InChI is InChI=1S/C25H35NO2/c1-4-7-10-19-11-12-20-18-25(15-8-5-2,16-9-6-3)24(21(20)17-19)26-22(27)13-14-23(26)28/h11-14,17,24H,4-10,15-16,18H2,1-3H3/t24-/m1/s1. The lowest BCUT2D eigenvalue weighted by Crippen LogP contribution is -2.42. The summed E-state index contributed by atoms with van der Waals surface area (Å²) in [5.41, 5.74) is 3.88. The van der Waals surface area contributed by atoms with E-state index in [9.17, 15) is 9.59 Å². The first-order valence-electron chi connectivity index (χ1n) is 11.2. The molecule has 1 aromatic rings. The van der Waals surface area contributed by atoms with Crippen molar-refractivity contribution in [1.82, 2.24) is 4.90 Å². The molecule has 0 fully saturated rings. The Morgan fingerprint density at radius 2 is 1.54 bits per heavy atom. The number of amides is 2. The number of nitrogens with zero attached hydrogens (tertiary/aromatic N) is 1. The molecule has 1 aliphatic heterocycles. The fraction of sp³-hybridized carbons (Fsp3) is 0.600. The summed E-state index contributed by atoms with van der Waals surface area (Å²) in [5, 5.41) is 0. The fourth-order valence-electron chi connectivity index (χ4n) is 5.11. The van der Waals surface area contributed by atoms with E-state index in [-0.39, 0.29) is 23.3 Å². The molecule has 2 aliphatic rings. The van der Waals surface area contributed by atoms with Crippen molar-refractivity contribution in [3.05, 3.63) is 47.0 Å². The Kier molecular flexibility index (Phi) is 6.74. The van der Waals surface area contributed by atoms with Gasteiger partial charge in [-0.3, -0.25) is 14.5 Å². The minimum Gasteiger partial charge on any atom is -0.269 e. The molecule has 1 atom stereocenters. The number of hydrogen-bond acceptors (Lipinski definition) is 2. The highest BCUT2D eigenvalue weighted by molar-refractivity contribution is 6.13. The van der Waals surface area contributed by atoms with Gasteiger partial charge < -0.3 is 0 Å². The van der Waals surface area contributed by atoms with Crippen LogP contribution >= 0.6 is 0 Å². The molecule has 0 N–H and O–H groups in total. The molecular weight excluding hydrogens is 346 g/mol. The van der Waals surface area contributed by atoms with Crippen LogP contribution in [0.5, 0.6) is 0 Å². The summed E-state index contributed by atoms with van der Waals surface area (Å²) < 4.78 is 0. The van der Waals surface area contributed by atoms with Crippen molar-refractivity contribution in [3.8, 4) is 0 Å². The maximum atomic E-state index is 12.7. The molecule has 3 rings (SSSR count). The van der Waals surface area contributed by atoms with Crippen LogP contribution in [-0.2, 0) is 22.4 Å². The number of rotatable bonds is 10. The van der Waals surface area contributed by atoms with Crippen LogP contribution < -0.4 is 0 Å².